The Balaban J connectivity index is 2.07. The molecular weight excluding hydrogens is 435 g/mol. The van der Waals surface area contributed by atoms with Crippen LogP contribution in [-0.4, -0.2) is 41.4 Å². The highest BCUT2D eigenvalue weighted by Crippen LogP contribution is 2.40. The van der Waals surface area contributed by atoms with Gasteiger partial charge in [-0.3, -0.25) is 9.78 Å². The first-order chi connectivity index (χ1) is 15.2. The number of rotatable bonds is 10. The van der Waals surface area contributed by atoms with Gasteiger partial charge in [-0.05, 0) is 64.1 Å². The van der Waals surface area contributed by atoms with E-state index in [1.54, 1.807) is 50.2 Å². The molecule has 33 heavy (non-hydrogen) atoms. The number of nitrogens with two attached hydrogens (primary N) is 1. The first-order valence-corrected chi connectivity index (χ1v) is 10.3. The highest BCUT2D eigenvalue weighted by atomic mass is 19.4. The third-order valence-corrected chi connectivity index (χ3v) is 5.63. The zero-order valence-corrected chi connectivity index (χ0v) is 19.2. The lowest BCUT2D eigenvalue weighted by atomic mass is 9.83. The van der Waals surface area contributed by atoms with Gasteiger partial charge in [-0.25, -0.2) is 0 Å². The average Bonchev–Trinajstić information content (AvgIpc) is 2.75. The third kappa shape index (κ3) is 6.25. The van der Waals surface area contributed by atoms with Crippen LogP contribution in [0.15, 0.2) is 49.2 Å². The number of nitrogens with zero attached hydrogens (tertiary/aromatic N) is 1. The molecule has 6 nitrogen and oxygen atoms in total. The molecule has 0 radical (unpaired) electrons. The lowest BCUT2D eigenvalue weighted by Gasteiger charge is -2.36. The van der Waals surface area contributed by atoms with Crippen LogP contribution in [0.1, 0.15) is 33.3 Å². The molecule has 0 aliphatic carbocycles. The summed E-state index contributed by atoms with van der Waals surface area (Å²) in [6, 6.07) is 9.40. The molecule has 2 rings (SSSR count). The van der Waals surface area contributed by atoms with E-state index in [4.69, 9.17) is 15.6 Å². The van der Waals surface area contributed by atoms with Gasteiger partial charge < -0.3 is 20.9 Å². The minimum atomic E-state index is -4.42. The van der Waals surface area contributed by atoms with Crippen molar-refractivity contribution in [2.45, 2.75) is 39.9 Å². The molecule has 4 N–H and O–H groups in total. The molecular formula is C24H30F3N3O3. The van der Waals surface area contributed by atoms with E-state index in [-0.39, 0.29) is 13.2 Å². The Kier molecular flexibility index (Phi) is 7.79. The number of pyridine rings is 1. The standard InChI is InChI=1S/C24H30F3N3O3/c1-15(30-20(12-28)23(4,5)24(25,26)27)17-8-11-19(29-13-17)16-6-9-18(10-7-16)33-14-22(2,3)21(31)32/h6-11,13,20,30H,1,12,14,28H2,2-5H3,(H,31,32). The predicted octanol–water partition coefficient (Wildman–Crippen LogP) is 4.71. The van der Waals surface area contributed by atoms with Crippen LogP contribution < -0.4 is 15.8 Å². The van der Waals surface area contributed by atoms with Gasteiger partial charge >= 0.3 is 12.1 Å². The maximum absolute atomic E-state index is 13.4. The molecule has 1 aromatic carbocycles. The number of alkyl halides is 3. The Morgan fingerprint density at radius 3 is 2.21 bits per heavy atom. The number of carboxylic acids is 1. The van der Waals surface area contributed by atoms with Gasteiger partial charge in [-0.1, -0.05) is 6.58 Å². The monoisotopic (exact) mass is 465 g/mol. The van der Waals surface area contributed by atoms with Crippen LogP contribution in [0.2, 0.25) is 0 Å². The van der Waals surface area contributed by atoms with E-state index in [2.05, 4.69) is 16.9 Å². The van der Waals surface area contributed by atoms with Crippen molar-refractivity contribution in [3.63, 3.8) is 0 Å². The van der Waals surface area contributed by atoms with E-state index in [0.29, 0.717) is 22.7 Å². The zero-order chi connectivity index (χ0) is 25.0. The van der Waals surface area contributed by atoms with Gasteiger partial charge in [0, 0.05) is 29.6 Å². The summed E-state index contributed by atoms with van der Waals surface area (Å²) in [4.78, 5) is 15.6. The molecule has 0 amide bonds. The summed E-state index contributed by atoms with van der Waals surface area (Å²) in [6.07, 6.45) is -2.90. The van der Waals surface area contributed by atoms with Gasteiger partial charge in [0.25, 0.3) is 0 Å². The third-order valence-electron chi connectivity index (χ3n) is 5.63. The summed E-state index contributed by atoms with van der Waals surface area (Å²) in [5.41, 5.74) is 4.83. The van der Waals surface area contributed by atoms with Crippen molar-refractivity contribution in [2.75, 3.05) is 13.2 Å². The summed E-state index contributed by atoms with van der Waals surface area (Å²) in [6.45, 7) is 9.02. The van der Waals surface area contributed by atoms with Crippen LogP contribution in [-0.2, 0) is 4.79 Å². The fourth-order valence-electron chi connectivity index (χ4n) is 2.82. The number of halogens is 3. The lowest BCUT2D eigenvalue weighted by molar-refractivity contribution is -0.219. The Bertz CT molecular complexity index is 969. The average molecular weight is 466 g/mol. The number of benzene rings is 1. The summed E-state index contributed by atoms with van der Waals surface area (Å²) in [5, 5.41) is 11.9. The van der Waals surface area contributed by atoms with Gasteiger partial charge in [-0.15, -0.1) is 0 Å². The van der Waals surface area contributed by atoms with E-state index in [9.17, 15) is 18.0 Å². The lowest BCUT2D eigenvalue weighted by Crippen LogP contribution is -2.53. The maximum atomic E-state index is 13.4. The molecule has 1 unspecified atom stereocenters. The van der Waals surface area contributed by atoms with Crippen LogP contribution >= 0.6 is 0 Å². The van der Waals surface area contributed by atoms with Crippen LogP contribution in [0.3, 0.4) is 0 Å². The summed E-state index contributed by atoms with van der Waals surface area (Å²) in [7, 11) is 0. The van der Waals surface area contributed by atoms with Crippen molar-refractivity contribution in [2.24, 2.45) is 16.6 Å². The second-order valence-corrected chi connectivity index (χ2v) is 9.06. The molecule has 1 atom stereocenters. The molecule has 9 heteroatoms. The van der Waals surface area contributed by atoms with Gasteiger partial charge in [0.15, 0.2) is 0 Å². The Morgan fingerprint density at radius 1 is 1.15 bits per heavy atom. The number of carboxylic acid groups (broad SMARTS) is 1. The number of carbonyl (C=O) groups is 1. The summed E-state index contributed by atoms with van der Waals surface area (Å²) >= 11 is 0. The fourth-order valence-corrected chi connectivity index (χ4v) is 2.82. The normalized spacial score (nSPS) is 13.3. The molecule has 0 aliphatic rings. The molecule has 0 aliphatic heterocycles. The molecule has 180 valence electrons. The number of ether oxygens (including phenoxy) is 1. The van der Waals surface area contributed by atoms with Crippen LogP contribution in [0.4, 0.5) is 13.2 Å². The Labute approximate surface area is 191 Å². The number of nitrogens with one attached hydrogen (secondary N) is 1. The van der Waals surface area contributed by atoms with Crippen LogP contribution in [0, 0.1) is 10.8 Å². The first-order valence-electron chi connectivity index (χ1n) is 10.3. The van der Waals surface area contributed by atoms with E-state index in [1.807, 2.05) is 0 Å². The van der Waals surface area contributed by atoms with Crippen molar-refractivity contribution >= 4 is 11.7 Å². The summed E-state index contributed by atoms with van der Waals surface area (Å²) < 4.78 is 45.6. The van der Waals surface area contributed by atoms with Crippen LogP contribution in [0.25, 0.3) is 17.0 Å². The number of hydrogen-bond donors (Lipinski definition) is 3. The highest BCUT2D eigenvalue weighted by molar-refractivity contribution is 5.73. The van der Waals surface area contributed by atoms with E-state index in [1.165, 1.54) is 6.20 Å². The summed E-state index contributed by atoms with van der Waals surface area (Å²) in [5.74, 6) is -0.415. The SMILES string of the molecule is C=C(NC(CN)C(C)(C)C(F)(F)F)c1ccc(-c2ccc(OCC(C)(C)C(=O)O)cc2)nc1. The number of aromatic nitrogens is 1. The van der Waals surface area contributed by atoms with Crippen molar-refractivity contribution in [3.05, 3.63) is 54.7 Å². The smallest absolute Gasteiger partial charge is 0.395 e. The molecule has 0 spiro atoms. The molecule has 0 saturated carbocycles. The number of hydrogen-bond acceptors (Lipinski definition) is 5. The fraction of sp³-hybridized carbons (Fsp3) is 0.417. The van der Waals surface area contributed by atoms with Gasteiger partial charge in [0.1, 0.15) is 12.4 Å². The molecule has 0 fully saturated rings. The Hall–Kier alpha value is -3.07. The molecule has 0 bridgehead atoms. The topological polar surface area (TPSA) is 97.5 Å². The molecule has 2 aromatic rings. The second kappa shape index (κ2) is 9.82. The largest absolute Gasteiger partial charge is 0.492 e. The van der Waals surface area contributed by atoms with Crippen molar-refractivity contribution in [3.8, 4) is 17.0 Å². The predicted molar refractivity (Wildman–Crippen MR) is 121 cm³/mol. The molecule has 0 saturated heterocycles. The maximum Gasteiger partial charge on any atom is 0.395 e. The van der Waals surface area contributed by atoms with Crippen molar-refractivity contribution < 1.29 is 27.8 Å². The zero-order valence-electron chi connectivity index (χ0n) is 19.2. The first kappa shape index (κ1) is 26.2. The minimum absolute atomic E-state index is 0.0265. The van der Waals surface area contributed by atoms with Crippen molar-refractivity contribution in [1.82, 2.24) is 10.3 Å². The van der Waals surface area contributed by atoms with Gasteiger partial charge in [0.05, 0.1) is 22.6 Å². The minimum Gasteiger partial charge on any atom is -0.492 e. The molecule has 1 heterocycles. The van der Waals surface area contributed by atoms with E-state index < -0.39 is 29.0 Å². The Morgan fingerprint density at radius 2 is 1.76 bits per heavy atom. The second-order valence-electron chi connectivity index (χ2n) is 9.06. The molecule has 1 aromatic heterocycles. The quantitative estimate of drug-likeness (QED) is 0.470. The van der Waals surface area contributed by atoms with E-state index in [0.717, 1.165) is 19.4 Å². The van der Waals surface area contributed by atoms with E-state index >= 15 is 0 Å². The van der Waals surface area contributed by atoms with Gasteiger partial charge in [0.2, 0.25) is 0 Å². The van der Waals surface area contributed by atoms with Crippen molar-refractivity contribution in [1.29, 1.82) is 0 Å². The van der Waals surface area contributed by atoms with Crippen LogP contribution in [0.5, 0.6) is 5.75 Å². The van der Waals surface area contributed by atoms with Gasteiger partial charge in [-0.2, -0.15) is 13.2 Å². The highest BCUT2D eigenvalue weighted by Gasteiger charge is 2.52. The number of aliphatic carboxylic acids is 1.